The standard InChI is InChI=1S/C17H36O2/c1-4-7-8-9-10-11-12-13-14-15-16-17(18-5-2)19-6-3/h17H,4-16H2,1-3H3. The minimum absolute atomic E-state index is 0.0315. The van der Waals surface area contributed by atoms with Gasteiger partial charge in [-0.25, -0.2) is 0 Å². The van der Waals surface area contributed by atoms with Crippen LogP contribution in [0.4, 0.5) is 0 Å². The van der Waals surface area contributed by atoms with Gasteiger partial charge in [0.25, 0.3) is 0 Å². The summed E-state index contributed by atoms with van der Waals surface area (Å²) >= 11 is 0. The Bertz CT molecular complexity index is 153. The first-order valence-electron chi connectivity index (χ1n) is 8.58. The Morgan fingerprint density at radius 3 is 1.42 bits per heavy atom. The van der Waals surface area contributed by atoms with Crippen molar-refractivity contribution in [2.45, 2.75) is 97.7 Å². The van der Waals surface area contributed by atoms with Crippen LogP contribution >= 0.6 is 0 Å². The lowest BCUT2D eigenvalue weighted by Gasteiger charge is -2.16. The highest BCUT2D eigenvalue weighted by atomic mass is 16.7. The average molecular weight is 272 g/mol. The molecule has 0 aliphatic rings. The molecular formula is C17H36O2. The van der Waals surface area contributed by atoms with E-state index in [1.807, 2.05) is 13.8 Å². The van der Waals surface area contributed by atoms with Gasteiger partial charge >= 0.3 is 0 Å². The highest BCUT2D eigenvalue weighted by Crippen LogP contribution is 2.13. The van der Waals surface area contributed by atoms with Crippen molar-refractivity contribution in [1.82, 2.24) is 0 Å². The van der Waals surface area contributed by atoms with Gasteiger partial charge in [-0.2, -0.15) is 0 Å². The normalized spacial score (nSPS) is 11.4. The second kappa shape index (κ2) is 16.0. The zero-order valence-electron chi connectivity index (χ0n) is 13.6. The summed E-state index contributed by atoms with van der Waals surface area (Å²) in [7, 11) is 0. The van der Waals surface area contributed by atoms with Gasteiger partial charge in [0.15, 0.2) is 6.29 Å². The van der Waals surface area contributed by atoms with E-state index in [-0.39, 0.29) is 6.29 Å². The molecule has 19 heavy (non-hydrogen) atoms. The minimum Gasteiger partial charge on any atom is -0.353 e. The lowest BCUT2D eigenvalue weighted by Crippen LogP contribution is -2.17. The lowest BCUT2D eigenvalue weighted by atomic mass is 10.1. The van der Waals surface area contributed by atoms with Gasteiger partial charge in [-0.15, -0.1) is 0 Å². The fraction of sp³-hybridized carbons (Fsp3) is 1.00. The lowest BCUT2D eigenvalue weighted by molar-refractivity contribution is -0.140. The zero-order valence-corrected chi connectivity index (χ0v) is 13.6. The third kappa shape index (κ3) is 14.1. The van der Waals surface area contributed by atoms with E-state index in [0.717, 1.165) is 19.6 Å². The Morgan fingerprint density at radius 2 is 1.00 bits per heavy atom. The molecule has 0 amide bonds. The Hall–Kier alpha value is -0.0800. The maximum absolute atomic E-state index is 5.54. The predicted molar refractivity (Wildman–Crippen MR) is 83.5 cm³/mol. The summed E-state index contributed by atoms with van der Waals surface area (Å²) in [5, 5.41) is 0. The van der Waals surface area contributed by atoms with Gasteiger partial charge < -0.3 is 9.47 Å². The van der Waals surface area contributed by atoms with Gasteiger partial charge in [0.05, 0.1) is 0 Å². The first kappa shape index (κ1) is 18.9. The Morgan fingerprint density at radius 1 is 0.579 bits per heavy atom. The smallest absolute Gasteiger partial charge is 0.157 e. The van der Waals surface area contributed by atoms with Gasteiger partial charge in [0.2, 0.25) is 0 Å². The largest absolute Gasteiger partial charge is 0.353 e. The second-order valence-electron chi connectivity index (χ2n) is 5.31. The van der Waals surface area contributed by atoms with E-state index in [1.54, 1.807) is 0 Å². The van der Waals surface area contributed by atoms with Crippen molar-refractivity contribution in [3.63, 3.8) is 0 Å². The quantitative estimate of drug-likeness (QED) is 0.281. The molecule has 0 heterocycles. The second-order valence-corrected chi connectivity index (χ2v) is 5.31. The van der Waals surface area contributed by atoms with Crippen molar-refractivity contribution in [3.05, 3.63) is 0 Å². The van der Waals surface area contributed by atoms with Crippen molar-refractivity contribution in [2.24, 2.45) is 0 Å². The maximum Gasteiger partial charge on any atom is 0.157 e. The molecule has 2 nitrogen and oxygen atoms in total. The van der Waals surface area contributed by atoms with Gasteiger partial charge in [-0.1, -0.05) is 64.7 Å². The molecule has 0 saturated heterocycles. The number of unbranched alkanes of at least 4 members (excludes halogenated alkanes) is 9. The van der Waals surface area contributed by atoms with Crippen LogP contribution in [-0.4, -0.2) is 19.5 Å². The van der Waals surface area contributed by atoms with Crippen LogP contribution in [0.25, 0.3) is 0 Å². The molecule has 0 aliphatic carbocycles. The van der Waals surface area contributed by atoms with Crippen LogP contribution < -0.4 is 0 Å². The molecule has 0 fully saturated rings. The van der Waals surface area contributed by atoms with Crippen LogP contribution in [0, 0.1) is 0 Å². The van der Waals surface area contributed by atoms with Gasteiger partial charge in [0, 0.05) is 13.2 Å². The first-order chi connectivity index (χ1) is 9.35. The Labute approximate surface area is 121 Å². The Balaban J connectivity index is 3.20. The van der Waals surface area contributed by atoms with Crippen LogP contribution in [0.2, 0.25) is 0 Å². The van der Waals surface area contributed by atoms with Crippen LogP contribution in [0.3, 0.4) is 0 Å². The predicted octanol–water partition coefficient (Wildman–Crippen LogP) is 5.70. The molecular weight excluding hydrogens is 236 g/mol. The summed E-state index contributed by atoms with van der Waals surface area (Å²) in [6, 6.07) is 0. The fourth-order valence-electron chi connectivity index (χ4n) is 2.39. The number of ether oxygens (including phenoxy) is 2. The third-order valence-electron chi connectivity index (χ3n) is 3.50. The van der Waals surface area contributed by atoms with Gasteiger partial charge in [0.1, 0.15) is 0 Å². The molecule has 0 spiro atoms. The third-order valence-corrected chi connectivity index (χ3v) is 3.50. The molecule has 0 aliphatic heterocycles. The van der Waals surface area contributed by atoms with Crippen molar-refractivity contribution in [3.8, 4) is 0 Å². The maximum atomic E-state index is 5.54. The molecule has 0 saturated carbocycles. The van der Waals surface area contributed by atoms with Crippen molar-refractivity contribution >= 4 is 0 Å². The highest BCUT2D eigenvalue weighted by Gasteiger charge is 2.06. The zero-order chi connectivity index (χ0) is 14.2. The monoisotopic (exact) mass is 272 g/mol. The Kier molecular flexibility index (Phi) is 15.9. The molecule has 2 heteroatoms. The molecule has 0 atom stereocenters. The average Bonchev–Trinajstić information content (AvgIpc) is 2.41. The molecule has 0 rings (SSSR count). The fourth-order valence-corrected chi connectivity index (χ4v) is 2.39. The summed E-state index contributed by atoms with van der Waals surface area (Å²) in [5.41, 5.74) is 0. The van der Waals surface area contributed by atoms with E-state index < -0.39 is 0 Å². The summed E-state index contributed by atoms with van der Waals surface area (Å²) in [4.78, 5) is 0. The van der Waals surface area contributed by atoms with E-state index in [9.17, 15) is 0 Å². The molecule has 0 aromatic carbocycles. The molecule has 0 aromatic heterocycles. The molecule has 0 unspecified atom stereocenters. The SMILES string of the molecule is CCCCCCCCCCCCC(OCC)OCC. The summed E-state index contributed by atoms with van der Waals surface area (Å²) < 4.78 is 11.1. The summed E-state index contributed by atoms with van der Waals surface area (Å²) in [6.07, 6.45) is 14.9. The van der Waals surface area contributed by atoms with E-state index >= 15 is 0 Å². The number of rotatable bonds is 15. The molecule has 0 aromatic rings. The number of hydrogen-bond donors (Lipinski definition) is 0. The van der Waals surface area contributed by atoms with Crippen LogP contribution in [-0.2, 0) is 9.47 Å². The highest BCUT2D eigenvalue weighted by molar-refractivity contribution is 4.50. The van der Waals surface area contributed by atoms with Crippen molar-refractivity contribution in [1.29, 1.82) is 0 Å². The molecule has 0 bridgehead atoms. The first-order valence-corrected chi connectivity index (χ1v) is 8.58. The summed E-state index contributed by atoms with van der Waals surface area (Å²) in [6.45, 7) is 7.84. The van der Waals surface area contributed by atoms with E-state index in [0.29, 0.717) is 0 Å². The van der Waals surface area contributed by atoms with E-state index in [1.165, 1.54) is 64.2 Å². The molecule has 116 valence electrons. The molecule has 0 N–H and O–H groups in total. The van der Waals surface area contributed by atoms with E-state index in [2.05, 4.69) is 6.92 Å². The van der Waals surface area contributed by atoms with E-state index in [4.69, 9.17) is 9.47 Å². The topological polar surface area (TPSA) is 18.5 Å². The van der Waals surface area contributed by atoms with Crippen LogP contribution in [0.1, 0.15) is 91.4 Å². The van der Waals surface area contributed by atoms with Crippen LogP contribution in [0.5, 0.6) is 0 Å². The summed E-state index contributed by atoms with van der Waals surface area (Å²) in [5.74, 6) is 0. The minimum atomic E-state index is 0.0315. The van der Waals surface area contributed by atoms with Gasteiger partial charge in [-0.3, -0.25) is 0 Å². The van der Waals surface area contributed by atoms with Crippen molar-refractivity contribution in [2.75, 3.05) is 13.2 Å². The van der Waals surface area contributed by atoms with Gasteiger partial charge in [-0.05, 0) is 26.7 Å². The van der Waals surface area contributed by atoms with Crippen LogP contribution in [0.15, 0.2) is 0 Å². The molecule has 0 radical (unpaired) electrons. The van der Waals surface area contributed by atoms with Crippen molar-refractivity contribution < 1.29 is 9.47 Å². The number of hydrogen-bond acceptors (Lipinski definition) is 2.